The molecule has 16 N–H and O–H groups in total. The molecule has 8 aromatic heterocycles. The van der Waals surface area contributed by atoms with Gasteiger partial charge >= 0.3 is 0 Å². The Morgan fingerprint density at radius 2 is 0.600 bits per heavy atom. The van der Waals surface area contributed by atoms with Crippen LogP contribution in [-0.2, 0) is 18.9 Å². The third-order valence-corrected chi connectivity index (χ3v) is 20.6. The van der Waals surface area contributed by atoms with E-state index in [1.807, 2.05) is 27.7 Å². The summed E-state index contributed by atoms with van der Waals surface area (Å²) in [6.45, 7) is 7.59. The minimum atomic E-state index is -1.05. The fourth-order valence-electron chi connectivity index (χ4n) is 14.9. The second-order valence-corrected chi connectivity index (χ2v) is 27.1. The minimum absolute atomic E-state index is 0.0529. The molecule has 0 unspecified atom stereocenters. The summed E-state index contributed by atoms with van der Waals surface area (Å²) in [5.41, 5.74) is 4.34. The van der Waals surface area contributed by atoms with Crippen molar-refractivity contribution >= 4 is 67.9 Å². The number of nitrogens with zero attached hydrogens (tertiary/aromatic N) is 16. The Kier molecular flexibility index (Phi) is 21.9. The van der Waals surface area contributed by atoms with E-state index in [9.17, 15) is 61.3 Å². The largest absolute Gasteiger partial charge is 0.393 e. The number of rotatable bonds is 16. The average Bonchev–Trinajstić information content (AvgIpc) is 1.64. The second kappa shape index (κ2) is 30.8. The van der Waals surface area contributed by atoms with Gasteiger partial charge < -0.3 is 101 Å². The number of hydrogen-bond acceptors (Lipinski definition) is 32. The molecule has 4 saturated heterocycles. The number of ether oxygens (including phenoxy) is 4. The summed E-state index contributed by atoms with van der Waals surface area (Å²) in [5.74, 6) is 2.30. The van der Waals surface area contributed by atoms with Gasteiger partial charge in [-0.25, -0.2) is 59.8 Å². The maximum absolute atomic E-state index is 10.3. The predicted octanol–water partition coefficient (Wildman–Crippen LogP) is 0.723. The molecule has 0 radical (unpaired) electrons. The number of hydrogen-bond donors (Lipinski definition) is 16. The van der Waals surface area contributed by atoms with Crippen LogP contribution in [0.5, 0.6) is 0 Å². The molecule has 4 aliphatic heterocycles. The van der Waals surface area contributed by atoms with Crippen molar-refractivity contribution in [1.82, 2.24) is 78.1 Å². The van der Waals surface area contributed by atoms with Crippen molar-refractivity contribution in [1.29, 1.82) is 0 Å². The van der Waals surface area contributed by atoms with Crippen molar-refractivity contribution in [2.45, 2.75) is 277 Å². The maximum Gasteiger partial charge on any atom is 0.167 e. The molecule has 36 nitrogen and oxygen atoms in total. The Morgan fingerprint density at radius 3 is 0.820 bits per heavy atom. The van der Waals surface area contributed by atoms with Crippen LogP contribution in [0.1, 0.15) is 155 Å². The number of imidazole rings is 4. The van der Waals surface area contributed by atoms with Crippen LogP contribution in [0.3, 0.4) is 0 Å². The van der Waals surface area contributed by atoms with E-state index >= 15 is 0 Å². The van der Waals surface area contributed by atoms with E-state index < -0.39 is 110 Å². The number of anilines is 4. The highest BCUT2D eigenvalue weighted by Crippen LogP contribution is 2.39. The summed E-state index contributed by atoms with van der Waals surface area (Å²) < 4.78 is 29.6. The Balaban J connectivity index is 0.000000119. The molecule has 36 heteroatoms. The van der Waals surface area contributed by atoms with E-state index in [2.05, 4.69) is 81.1 Å². The van der Waals surface area contributed by atoms with Gasteiger partial charge in [-0.15, -0.1) is 0 Å². The maximum atomic E-state index is 10.3. The number of aliphatic hydroxyl groups is 12. The lowest BCUT2D eigenvalue weighted by Crippen LogP contribution is -2.31. The monoisotopic (exact) mass is 1400 g/mol. The van der Waals surface area contributed by atoms with E-state index in [1.54, 1.807) is 30.9 Å². The standard InChI is InChI=1S/4C16H23N5O4/c2*1-2-10-12(23)13(24)16(25-10)21-7-19-11-14(17-6-18-15(11)21)20-8-3-4-9(22)5-8;2*1-2-10-12(23)13(24)16(25-10)21-7-19-11-14(17-6-18-15(11)21)20-8-4-3-5-9(8)22/h4*6-10,12-13,16,22-24H,2-5H2,1H3,(H,17,18,20)/t8-,9+,10+,12+,13+,16+;8-,9-,10+,12+,13+,16+;8-,9+,10+,12+,13+,16+;8-,9-,10+,12+,13+,16+/m0000/s1. The number of nitrogens with one attached hydrogen (secondary N) is 4. The van der Waals surface area contributed by atoms with Crippen LogP contribution in [0.2, 0.25) is 0 Å². The van der Waals surface area contributed by atoms with Crippen LogP contribution in [0.25, 0.3) is 44.7 Å². The molecule has 4 aliphatic carbocycles. The fraction of sp³-hybridized carbons (Fsp3) is 0.688. The summed E-state index contributed by atoms with van der Waals surface area (Å²) in [6, 6.07) is 0.196. The Morgan fingerprint density at radius 1 is 0.330 bits per heavy atom. The van der Waals surface area contributed by atoms with Crippen LogP contribution in [0.4, 0.5) is 23.3 Å². The highest BCUT2D eigenvalue weighted by Gasteiger charge is 2.47. The molecule has 0 spiro atoms. The molecule has 4 saturated carbocycles. The summed E-state index contributed by atoms with van der Waals surface area (Å²) >= 11 is 0. The van der Waals surface area contributed by atoms with Gasteiger partial charge in [-0.3, -0.25) is 18.3 Å². The van der Waals surface area contributed by atoms with Crippen molar-refractivity contribution in [3.63, 3.8) is 0 Å². The highest BCUT2D eigenvalue weighted by atomic mass is 16.6. The normalized spacial score (nSPS) is 35.5. The molecule has 8 aliphatic rings. The number of fused-ring (bicyclic) bond motifs is 4. The zero-order valence-electron chi connectivity index (χ0n) is 55.9. The van der Waals surface area contributed by atoms with Gasteiger partial charge in [0.05, 0.1) is 86.2 Å². The first-order valence-corrected chi connectivity index (χ1v) is 34.9. The molecule has 0 bridgehead atoms. The van der Waals surface area contributed by atoms with Gasteiger partial charge in [-0.05, 0) is 103 Å². The molecule has 12 heterocycles. The number of aliphatic hydroxyl groups excluding tert-OH is 12. The Labute approximate surface area is 573 Å². The van der Waals surface area contributed by atoms with Crippen LogP contribution in [-0.4, -0.2) is 261 Å². The van der Waals surface area contributed by atoms with Crippen molar-refractivity contribution < 1.29 is 80.2 Å². The molecule has 16 rings (SSSR count). The van der Waals surface area contributed by atoms with Crippen LogP contribution >= 0.6 is 0 Å². The van der Waals surface area contributed by atoms with E-state index in [0.29, 0.717) is 106 Å². The fourth-order valence-corrected chi connectivity index (χ4v) is 14.9. The highest BCUT2D eigenvalue weighted by molar-refractivity contribution is 5.85. The zero-order valence-corrected chi connectivity index (χ0v) is 55.9. The third kappa shape index (κ3) is 14.2. The molecule has 100 heavy (non-hydrogen) atoms. The van der Waals surface area contributed by atoms with Crippen LogP contribution < -0.4 is 21.3 Å². The lowest BCUT2D eigenvalue weighted by Gasteiger charge is -2.18. The van der Waals surface area contributed by atoms with Gasteiger partial charge in [-0.1, -0.05) is 27.7 Å². The predicted molar refractivity (Wildman–Crippen MR) is 355 cm³/mol. The summed E-state index contributed by atoms with van der Waals surface area (Å²) in [4.78, 5) is 51.6. The molecular weight excluding hydrogens is 1300 g/mol. The molecule has 8 aromatic rings. The van der Waals surface area contributed by atoms with Gasteiger partial charge in [0.2, 0.25) is 0 Å². The van der Waals surface area contributed by atoms with Crippen molar-refractivity contribution in [2.24, 2.45) is 0 Å². The summed E-state index contributed by atoms with van der Waals surface area (Å²) in [7, 11) is 0. The quantitative estimate of drug-likeness (QED) is 0.0634. The van der Waals surface area contributed by atoms with Crippen LogP contribution in [0.15, 0.2) is 50.6 Å². The average molecular weight is 1400 g/mol. The van der Waals surface area contributed by atoms with E-state index in [4.69, 9.17) is 18.9 Å². The lowest BCUT2D eigenvalue weighted by atomic mass is 10.1. The van der Waals surface area contributed by atoms with E-state index in [0.717, 1.165) is 64.2 Å². The molecule has 0 amide bonds. The lowest BCUT2D eigenvalue weighted by molar-refractivity contribution is -0.0355. The Bertz CT molecular complexity index is 3770. The van der Waals surface area contributed by atoms with Gasteiger partial charge in [0.1, 0.15) is 74.1 Å². The second-order valence-electron chi connectivity index (χ2n) is 27.1. The summed E-state index contributed by atoms with van der Waals surface area (Å²) in [6.07, 6.45) is 10.3. The first-order valence-electron chi connectivity index (χ1n) is 34.9. The van der Waals surface area contributed by atoms with E-state index in [1.165, 1.54) is 38.0 Å². The molecule has 544 valence electrons. The van der Waals surface area contributed by atoms with E-state index in [-0.39, 0.29) is 36.4 Å². The topological polar surface area (TPSA) is 502 Å². The summed E-state index contributed by atoms with van der Waals surface area (Å²) in [5, 5.41) is 134. The first-order chi connectivity index (χ1) is 48.4. The van der Waals surface area contributed by atoms with Crippen molar-refractivity contribution in [3.05, 3.63) is 50.6 Å². The van der Waals surface area contributed by atoms with Gasteiger partial charge in [0.25, 0.3) is 0 Å². The smallest absolute Gasteiger partial charge is 0.167 e. The van der Waals surface area contributed by atoms with Gasteiger partial charge in [-0.2, -0.15) is 0 Å². The molecule has 24 atom stereocenters. The molecule has 8 fully saturated rings. The SMILES string of the molecule is CC[C@H]1O[C@@H](n2cnc3c(N[C@H]4CCC[C@@H]4O)ncnc32)[C@H](O)[C@@H]1O.CC[C@H]1O[C@@H](n2cnc3c(N[C@H]4CCC[C@H]4O)ncnc32)[C@H](O)[C@@H]1O.CC[C@H]1O[C@@H](n2cnc3c(N[C@H]4CC[C@@H](O)C4)ncnc32)[C@H](O)[C@@H]1O.CC[C@H]1O[C@@H](n2cnc3c(N[C@H]4CC[C@H](O)C4)ncnc32)[C@H](O)[C@@H]1O. The zero-order chi connectivity index (χ0) is 70.2. The Hall–Kier alpha value is -7.24. The third-order valence-electron chi connectivity index (χ3n) is 20.6. The first kappa shape index (κ1) is 71.2. The van der Waals surface area contributed by atoms with Crippen LogP contribution in [0, 0.1) is 0 Å². The number of aromatic nitrogens is 16. The van der Waals surface area contributed by atoms with Gasteiger partial charge in [0.15, 0.2) is 92.8 Å². The van der Waals surface area contributed by atoms with Crippen molar-refractivity contribution in [2.75, 3.05) is 21.3 Å². The van der Waals surface area contributed by atoms with Gasteiger partial charge in [0, 0.05) is 12.1 Å². The molecular formula is C64H92N20O16. The minimum Gasteiger partial charge on any atom is -0.393 e. The van der Waals surface area contributed by atoms with Crippen molar-refractivity contribution in [3.8, 4) is 0 Å². The molecule has 0 aromatic carbocycles.